The van der Waals surface area contributed by atoms with Gasteiger partial charge in [-0.15, -0.1) is 0 Å². The monoisotopic (exact) mass is 256 g/mol. The van der Waals surface area contributed by atoms with Crippen LogP contribution < -0.4 is 0 Å². The first kappa shape index (κ1) is 15.2. The summed E-state index contributed by atoms with van der Waals surface area (Å²) in [5.74, 6) is -0.524. The maximum atomic E-state index is 12.2. The summed E-state index contributed by atoms with van der Waals surface area (Å²) >= 11 is 0. The van der Waals surface area contributed by atoms with Crippen molar-refractivity contribution in [3.8, 4) is 0 Å². The molecule has 4 heteroatoms. The summed E-state index contributed by atoms with van der Waals surface area (Å²) in [6.07, 6.45) is 3.27. The van der Waals surface area contributed by atoms with Crippen molar-refractivity contribution in [2.45, 2.75) is 64.9 Å². The Balaban J connectivity index is 3.00. The first-order valence-electron chi connectivity index (χ1n) is 6.81. The molecule has 0 aliphatic heterocycles. The number of hydrogen-bond acceptors (Lipinski definition) is 4. The van der Waals surface area contributed by atoms with Crippen molar-refractivity contribution in [3.63, 3.8) is 0 Å². The van der Waals surface area contributed by atoms with E-state index in [0.29, 0.717) is 19.3 Å². The average Bonchev–Trinajstić information content (AvgIpc) is 2.32. The summed E-state index contributed by atoms with van der Waals surface area (Å²) in [6, 6.07) is 0. The van der Waals surface area contributed by atoms with Gasteiger partial charge in [0, 0.05) is 6.42 Å². The van der Waals surface area contributed by atoms with Crippen molar-refractivity contribution in [2.75, 3.05) is 6.61 Å². The quantitative estimate of drug-likeness (QED) is 0.605. The molecule has 0 saturated heterocycles. The lowest BCUT2D eigenvalue weighted by atomic mass is 9.67. The van der Waals surface area contributed by atoms with Gasteiger partial charge >= 0.3 is 5.97 Å². The smallest absolute Gasteiger partial charge is 0.319 e. The third kappa shape index (κ3) is 3.10. The Bertz CT molecular complexity index is 322. The van der Waals surface area contributed by atoms with Crippen LogP contribution >= 0.6 is 0 Å². The fourth-order valence-corrected chi connectivity index (χ4v) is 2.61. The van der Waals surface area contributed by atoms with E-state index in [1.54, 1.807) is 13.8 Å². The average molecular weight is 256 g/mol. The van der Waals surface area contributed by atoms with Crippen LogP contribution in [0.2, 0.25) is 0 Å². The molecule has 104 valence electrons. The molecule has 0 spiro atoms. The van der Waals surface area contributed by atoms with Gasteiger partial charge in [0.1, 0.15) is 11.2 Å². The highest BCUT2D eigenvalue weighted by atomic mass is 16.5. The van der Waals surface area contributed by atoms with Crippen molar-refractivity contribution in [1.82, 2.24) is 0 Å². The predicted octanol–water partition coefficient (Wildman–Crippen LogP) is 2.23. The van der Waals surface area contributed by atoms with Gasteiger partial charge in [-0.3, -0.25) is 9.59 Å². The van der Waals surface area contributed by atoms with Gasteiger partial charge in [-0.1, -0.05) is 13.3 Å². The molecule has 1 saturated carbocycles. The van der Waals surface area contributed by atoms with Gasteiger partial charge in [0.25, 0.3) is 0 Å². The van der Waals surface area contributed by atoms with Gasteiger partial charge in [-0.05, 0) is 39.5 Å². The summed E-state index contributed by atoms with van der Waals surface area (Å²) in [7, 11) is 0. The van der Waals surface area contributed by atoms with E-state index in [1.165, 1.54) is 0 Å². The van der Waals surface area contributed by atoms with Gasteiger partial charge in [-0.2, -0.15) is 0 Å². The summed E-state index contributed by atoms with van der Waals surface area (Å²) in [5.41, 5.74) is -2.12. The molecular formula is C14H24O4. The second-order valence-electron chi connectivity index (χ2n) is 5.46. The van der Waals surface area contributed by atoms with E-state index < -0.39 is 17.0 Å². The molecule has 0 aromatic heterocycles. The third-order valence-electron chi connectivity index (χ3n) is 3.90. The van der Waals surface area contributed by atoms with Crippen LogP contribution in [0.4, 0.5) is 0 Å². The Morgan fingerprint density at radius 2 is 2.11 bits per heavy atom. The molecule has 1 aliphatic rings. The van der Waals surface area contributed by atoms with Crippen LogP contribution in [0.1, 0.15) is 59.3 Å². The highest BCUT2D eigenvalue weighted by molar-refractivity contribution is 6.04. The Morgan fingerprint density at radius 1 is 1.44 bits per heavy atom. The van der Waals surface area contributed by atoms with Crippen LogP contribution in [0, 0.1) is 5.41 Å². The minimum Gasteiger partial charge on any atom is -0.465 e. The molecule has 1 rings (SSSR count). The van der Waals surface area contributed by atoms with E-state index in [0.717, 1.165) is 12.8 Å². The molecule has 0 amide bonds. The number of ketones is 1. The second-order valence-corrected chi connectivity index (χ2v) is 5.46. The van der Waals surface area contributed by atoms with Crippen molar-refractivity contribution >= 4 is 11.8 Å². The highest BCUT2D eigenvalue weighted by Crippen LogP contribution is 2.41. The Morgan fingerprint density at radius 3 is 2.61 bits per heavy atom. The summed E-state index contributed by atoms with van der Waals surface area (Å²) < 4.78 is 5.07. The van der Waals surface area contributed by atoms with Gasteiger partial charge in [0.2, 0.25) is 0 Å². The van der Waals surface area contributed by atoms with E-state index in [1.807, 2.05) is 6.92 Å². The molecule has 18 heavy (non-hydrogen) atoms. The topological polar surface area (TPSA) is 63.6 Å². The number of aliphatic hydroxyl groups is 1. The zero-order chi connectivity index (χ0) is 13.8. The largest absolute Gasteiger partial charge is 0.465 e. The highest BCUT2D eigenvalue weighted by Gasteiger charge is 2.50. The van der Waals surface area contributed by atoms with Crippen molar-refractivity contribution < 1.29 is 19.4 Å². The van der Waals surface area contributed by atoms with Gasteiger partial charge < -0.3 is 9.84 Å². The number of hydrogen-bond donors (Lipinski definition) is 1. The summed E-state index contributed by atoms with van der Waals surface area (Å²) in [4.78, 5) is 24.4. The van der Waals surface area contributed by atoms with Crippen LogP contribution in [0.25, 0.3) is 0 Å². The van der Waals surface area contributed by atoms with Crippen molar-refractivity contribution in [2.24, 2.45) is 5.41 Å². The molecule has 0 bridgehead atoms. The standard InChI is InChI=1S/C14H24O4/c1-4-13(3,17)10-14(12(16)18-5-2)9-7-6-8-11(14)15/h17H,4-10H2,1-3H3. The summed E-state index contributed by atoms with van der Waals surface area (Å²) in [6.45, 7) is 5.53. The fraction of sp³-hybridized carbons (Fsp3) is 0.857. The van der Waals surface area contributed by atoms with E-state index in [9.17, 15) is 14.7 Å². The minimum absolute atomic E-state index is 0.0686. The summed E-state index contributed by atoms with van der Waals surface area (Å²) in [5, 5.41) is 10.2. The molecule has 1 aliphatic carbocycles. The molecule has 1 N–H and O–H groups in total. The fourth-order valence-electron chi connectivity index (χ4n) is 2.61. The lowest BCUT2D eigenvalue weighted by molar-refractivity contribution is -0.167. The Kier molecular flexibility index (Phi) is 4.91. The molecule has 2 atom stereocenters. The first-order valence-corrected chi connectivity index (χ1v) is 6.81. The normalized spacial score (nSPS) is 27.7. The number of carbonyl (C=O) groups is 2. The lowest BCUT2D eigenvalue weighted by Gasteiger charge is -2.38. The van der Waals surface area contributed by atoms with Crippen LogP contribution in [-0.2, 0) is 14.3 Å². The Labute approximate surface area is 109 Å². The SMILES string of the molecule is CCOC(=O)C1(CC(C)(O)CC)CCCCC1=O. The number of ether oxygens (including phenoxy) is 1. The predicted molar refractivity (Wildman–Crippen MR) is 68.1 cm³/mol. The second kappa shape index (κ2) is 5.83. The molecule has 0 aromatic carbocycles. The van der Waals surface area contributed by atoms with Crippen molar-refractivity contribution in [1.29, 1.82) is 0 Å². The maximum Gasteiger partial charge on any atom is 0.319 e. The van der Waals surface area contributed by atoms with Gasteiger partial charge in [0.15, 0.2) is 0 Å². The Hall–Kier alpha value is -0.900. The number of esters is 1. The van der Waals surface area contributed by atoms with Crippen LogP contribution in [0.15, 0.2) is 0 Å². The molecule has 0 aromatic rings. The zero-order valence-corrected chi connectivity index (χ0v) is 11.6. The lowest BCUT2D eigenvalue weighted by Crippen LogP contribution is -2.48. The third-order valence-corrected chi connectivity index (χ3v) is 3.90. The molecule has 0 heterocycles. The van der Waals surface area contributed by atoms with Crippen LogP contribution in [0.5, 0.6) is 0 Å². The molecule has 2 unspecified atom stereocenters. The molecule has 1 fully saturated rings. The van der Waals surface area contributed by atoms with Gasteiger partial charge in [0.05, 0.1) is 12.2 Å². The minimum atomic E-state index is -1.12. The van der Waals surface area contributed by atoms with Crippen LogP contribution in [-0.4, -0.2) is 29.1 Å². The maximum absolute atomic E-state index is 12.2. The number of rotatable bonds is 5. The van der Waals surface area contributed by atoms with Crippen molar-refractivity contribution in [3.05, 3.63) is 0 Å². The zero-order valence-electron chi connectivity index (χ0n) is 11.6. The van der Waals surface area contributed by atoms with E-state index >= 15 is 0 Å². The number of Topliss-reactive ketones (excluding diaryl/α,β-unsaturated/α-hetero) is 1. The van der Waals surface area contributed by atoms with E-state index in [4.69, 9.17) is 4.74 Å². The van der Waals surface area contributed by atoms with E-state index in [-0.39, 0.29) is 18.8 Å². The van der Waals surface area contributed by atoms with Crippen LogP contribution in [0.3, 0.4) is 0 Å². The molecule has 0 radical (unpaired) electrons. The molecule has 4 nitrogen and oxygen atoms in total. The number of carbonyl (C=O) groups excluding carboxylic acids is 2. The first-order chi connectivity index (χ1) is 8.38. The van der Waals surface area contributed by atoms with Gasteiger partial charge in [-0.25, -0.2) is 0 Å². The van der Waals surface area contributed by atoms with E-state index in [2.05, 4.69) is 0 Å². The molecular weight excluding hydrogens is 232 g/mol.